The number of pyridine rings is 1. The minimum atomic E-state index is -3.89. The SMILES string of the molecule is N#Cc1ccc(S(=O)(=O)N(Cc2ccc(C(=O)NC3(c4ccccc4)CC3)cc2)Cc2ccccn2)cc1. The number of carbonyl (C=O) groups excluding carboxylic acids is 1. The lowest BCUT2D eigenvalue weighted by molar-refractivity contribution is 0.0930. The first kappa shape index (κ1) is 25.3. The second kappa shape index (κ2) is 10.6. The molecule has 5 rings (SSSR count). The van der Waals surface area contributed by atoms with E-state index in [1.165, 1.54) is 28.6 Å². The number of carbonyl (C=O) groups is 1. The van der Waals surface area contributed by atoms with Gasteiger partial charge in [-0.1, -0.05) is 48.5 Å². The Morgan fingerprint density at radius 2 is 1.58 bits per heavy atom. The second-order valence-electron chi connectivity index (χ2n) is 9.33. The number of hydrogen-bond acceptors (Lipinski definition) is 5. The van der Waals surface area contributed by atoms with E-state index in [0.717, 1.165) is 24.0 Å². The predicted octanol–water partition coefficient (Wildman–Crippen LogP) is 4.76. The van der Waals surface area contributed by atoms with Crippen molar-refractivity contribution in [3.63, 3.8) is 0 Å². The summed E-state index contributed by atoms with van der Waals surface area (Å²) < 4.78 is 28.5. The quantitative estimate of drug-likeness (QED) is 0.341. The summed E-state index contributed by atoms with van der Waals surface area (Å²) in [5.74, 6) is -0.159. The molecule has 0 spiro atoms. The standard InChI is InChI=1S/C30H26N4O3S/c31-20-23-11-15-28(16-12-23)38(36,37)34(22-27-8-4-5-19-32-27)21-24-9-13-25(14-10-24)29(35)33-30(17-18-30)26-6-2-1-3-7-26/h1-16,19H,17-18,21-22H2,(H,33,35). The fraction of sp³-hybridized carbons (Fsp3) is 0.167. The lowest BCUT2D eigenvalue weighted by atomic mass is 10.0. The molecule has 1 N–H and O–H groups in total. The molecule has 4 aromatic rings. The number of sulfonamides is 1. The van der Waals surface area contributed by atoms with E-state index in [4.69, 9.17) is 5.26 Å². The van der Waals surface area contributed by atoms with Gasteiger partial charge in [0, 0.05) is 18.3 Å². The molecule has 1 aliphatic rings. The fourth-order valence-corrected chi connectivity index (χ4v) is 5.77. The van der Waals surface area contributed by atoms with Crippen molar-refractivity contribution in [2.24, 2.45) is 0 Å². The maximum atomic E-state index is 13.6. The number of aromatic nitrogens is 1. The predicted molar refractivity (Wildman–Crippen MR) is 143 cm³/mol. The van der Waals surface area contributed by atoms with E-state index < -0.39 is 10.0 Å². The van der Waals surface area contributed by atoms with Gasteiger partial charge < -0.3 is 5.32 Å². The Morgan fingerprint density at radius 3 is 2.18 bits per heavy atom. The number of nitriles is 1. The summed E-state index contributed by atoms with van der Waals surface area (Å²) in [5, 5.41) is 12.2. The van der Waals surface area contributed by atoms with Gasteiger partial charge in [-0.2, -0.15) is 9.57 Å². The molecule has 8 heteroatoms. The van der Waals surface area contributed by atoms with Crippen LogP contribution >= 0.6 is 0 Å². The molecule has 3 aromatic carbocycles. The van der Waals surface area contributed by atoms with Crippen LogP contribution in [-0.2, 0) is 28.7 Å². The van der Waals surface area contributed by atoms with Crippen molar-refractivity contribution >= 4 is 15.9 Å². The molecular weight excluding hydrogens is 496 g/mol. The Hall–Kier alpha value is -4.32. The second-order valence-corrected chi connectivity index (χ2v) is 11.3. The summed E-state index contributed by atoms with van der Waals surface area (Å²) >= 11 is 0. The van der Waals surface area contributed by atoms with Gasteiger partial charge in [-0.25, -0.2) is 8.42 Å². The Bertz CT molecular complexity index is 1560. The molecule has 7 nitrogen and oxygen atoms in total. The molecule has 0 atom stereocenters. The number of amides is 1. The molecular formula is C30H26N4O3S. The topological polar surface area (TPSA) is 103 Å². The molecule has 1 fully saturated rings. The highest BCUT2D eigenvalue weighted by Gasteiger charge is 2.45. The van der Waals surface area contributed by atoms with E-state index in [-0.39, 0.29) is 29.4 Å². The van der Waals surface area contributed by atoms with Crippen molar-refractivity contribution < 1.29 is 13.2 Å². The van der Waals surface area contributed by atoms with Crippen molar-refractivity contribution in [1.29, 1.82) is 5.26 Å². The van der Waals surface area contributed by atoms with Crippen LogP contribution in [0.25, 0.3) is 0 Å². The Kier molecular flexibility index (Phi) is 7.05. The van der Waals surface area contributed by atoms with Gasteiger partial charge in [-0.15, -0.1) is 0 Å². The Labute approximate surface area is 222 Å². The van der Waals surface area contributed by atoms with Crippen LogP contribution in [0, 0.1) is 11.3 Å². The third-order valence-electron chi connectivity index (χ3n) is 6.69. The zero-order valence-corrected chi connectivity index (χ0v) is 21.4. The molecule has 1 aliphatic carbocycles. The molecule has 190 valence electrons. The molecule has 1 heterocycles. The summed E-state index contributed by atoms with van der Waals surface area (Å²) in [6.45, 7) is 0.166. The molecule has 1 saturated carbocycles. The minimum absolute atomic E-state index is 0.0744. The van der Waals surface area contributed by atoms with Crippen LogP contribution in [0.5, 0.6) is 0 Å². The lowest BCUT2D eigenvalue weighted by Gasteiger charge is -2.22. The highest BCUT2D eigenvalue weighted by atomic mass is 32.2. The smallest absolute Gasteiger partial charge is 0.251 e. The molecule has 0 saturated heterocycles. The summed E-state index contributed by atoms with van der Waals surface area (Å²) in [5.41, 5.74) is 3.03. The van der Waals surface area contributed by atoms with Crippen LogP contribution < -0.4 is 5.32 Å². The van der Waals surface area contributed by atoms with Gasteiger partial charge in [0.15, 0.2) is 0 Å². The zero-order valence-electron chi connectivity index (χ0n) is 20.6. The van der Waals surface area contributed by atoms with Gasteiger partial charge in [-0.05, 0) is 72.5 Å². The van der Waals surface area contributed by atoms with Crippen LogP contribution in [0.15, 0.2) is 108 Å². The first-order valence-corrected chi connectivity index (χ1v) is 13.7. The average Bonchev–Trinajstić information content (AvgIpc) is 3.74. The number of nitrogens with zero attached hydrogens (tertiary/aromatic N) is 3. The molecule has 1 amide bonds. The maximum Gasteiger partial charge on any atom is 0.251 e. The molecule has 0 unspecified atom stereocenters. The third-order valence-corrected chi connectivity index (χ3v) is 8.50. The van der Waals surface area contributed by atoms with Crippen LogP contribution in [0.4, 0.5) is 0 Å². The molecule has 0 bridgehead atoms. The van der Waals surface area contributed by atoms with Crippen LogP contribution in [0.2, 0.25) is 0 Å². The van der Waals surface area contributed by atoms with Gasteiger partial charge in [0.2, 0.25) is 10.0 Å². The van der Waals surface area contributed by atoms with E-state index in [1.54, 1.807) is 42.6 Å². The van der Waals surface area contributed by atoms with Crippen molar-refractivity contribution in [2.75, 3.05) is 0 Å². The fourth-order valence-electron chi connectivity index (χ4n) is 4.37. The van der Waals surface area contributed by atoms with Gasteiger partial charge in [-0.3, -0.25) is 9.78 Å². The number of rotatable bonds is 9. The van der Waals surface area contributed by atoms with Crippen molar-refractivity contribution in [1.82, 2.24) is 14.6 Å². The summed E-state index contributed by atoms with van der Waals surface area (Å²) in [4.78, 5) is 17.4. The van der Waals surface area contributed by atoms with Gasteiger partial charge >= 0.3 is 0 Å². The molecule has 0 radical (unpaired) electrons. The average molecular weight is 523 g/mol. The Balaban J connectivity index is 1.35. The van der Waals surface area contributed by atoms with Crippen molar-refractivity contribution in [3.8, 4) is 6.07 Å². The van der Waals surface area contributed by atoms with E-state index in [2.05, 4.69) is 10.3 Å². The molecule has 1 aromatic heterocycles. The van der Waals surface area contributed by atoms with Crippen molar-refractivity contribution in [3.05, 3.63) is 131 Å². The monoisotopic (exact) mass is 522 g/mol. The van der Waals surface area contributed by atoms with Gasteiger partial charge in [0.1, 0.15) is 0 Å². The zero-order chi connectivity index (χ0) is 26.6. The normalized spacial score (nSPS) is 14.0. The minimum Gasteiger partial charge on any atom is -0.343 e. The van der Waals surface area contributed by atoms with Crippen LogP contribution in [-0.4, -0.2) is 23.6 Å². The first-order valence-electron chi connectivity index (χ1n) is 12.3. The van der Waals surface area contributed by atoms with E-state index in [0.29, 0.717) is 16.8 Å². The van der Waals surface area contributed by atoms with Crippen LogP contribution in [0.1, 0.15) is 45.6 Å². The molecule has 0 aliphatic heterocycles. The highest BCUT2D eigenvalue weighted by molar-refractivity contribution is 7.89. The van der Waals surface area contributed by atoms with Crippen LogP contribution in [0.3, 0.4) is 0 Å². The largest absolute Gasteiger partial charge is 0.343 e. The number of nitrogens with one attached hydrogen (secondary N) is 1. The van der Waals surface area contributed by atoms with E-state index in [9.17, 15) is 13.2 Å². The maximum absolute atomic E-state index is 13.6. The number of hydrogen-bond donors (Lipinski definition) is 1. The highest BCUT2D eigenvalue weighted by Crippen LogP contribution is 2.45. The van der Waals surface area contributed by atoms with Crippen molar-refractivity contribution in [2.45, 2.75) is 36.4 Å². The summed E-state index contributed by atoms with van der Waals surface area (Å²) in [6, 6.07) is 30.2. The first-order chi connectivity index (χ1) is 18.4. The Morgan fingerprint density at radius 1 is 0.895 bits per heavy atom. The van der Waals surface area contributed by atoms with E-state index >= 15 is 0 Å². The molecule has 38 heavy (non-hydrogen) atoms. The van der Waals surface area contributed by atoms with Gasteiger partial charge in [0.05, 0.1) is 34.3 Å². The third kappa shape index (κ3) is 5.49. The number of benzene rings is 3. The summed E-state index contributed by atoms with van der Waals surface area (Å²) in [6.07, 6.45) is 3.42. The van der Waals surface area contributed by atoms with E-state index in [1.807, 2.05) is 42.5 Å². The van der Waals surface area contributed by atoms with Gasteiger partial charge in [0.25, 0.3) is 5.91 Å². The summed E-state index contributed by atoms with van der Waals surface area (Å²) in [7, 11) is -3.89. The lowest BCUT2D eigenvalue weighted by Crippen LogP contribution is -2.34.